The molecule has 2 N–H and O–H groups in total. The van der Waals surface area contributed by atoms with Gasteiger partial charge in [0.25, 0.3) is 5.91 Å². The second kappa shape index (κ2) is 10.8. The summed E-state index contributed by atoms with van der Waals surface area (Å²) in [7, 11) is 1.54. The number of hydrogen-bond acceptors (Lipinski definition) is 7. The molecule has 8 nitrogen and oxygen atoms in total. The molecule has 10 heteroatoms. The van der Waals surface area contributed by atoms with Crippen LogP contribution in [0.2, 0.25) is 5.02 Å². The summed E-state index contributed by atoms with van der Waals surface area (Å²) >= 11 is 7.61. The number of hydrogen-bond donors (Lipinski definition) is 2. The van der Waals surface area contributed by atoms with E-state index in [0.29, 0.717) is 54.7 Å². The van der Waals surface area contributed by atoms with Crippen LogP contribution in [0, 0.1) is 0 Å². The van der Waals surface area contributed by atoms with Crippen LogP contribution in [0.1, 0.15) is 33.4 Å². The van der Waals surface area contributed by atoms with Crippen LogP contribution < -0.4 is 15.4 Å². The van der Waals surface area contributed by atoms with Gasteiger partial charge in [-0.15, -0.1) is 11.3 Å². The Kier molecular flexibility index (Phi) is 7.54. The number of nitrogens with one attached hydrogen (secondary N) is 2. The van der Waals surface area contributed by atoms with Crippen LogP contribution in [0.4, 0.5) is 15.5 Å². The lowest BCUT2D eigenvalue weighted by Gasteiger charge is -2.26. The molecule has 0 saturated carbocycles. The molecule has 4 rings (SSSR count). The molecular weight excluding hydrogens is 476 g/mol. The first kappa shape index (κ1) is 23.8. The first-order valence-electron chi connectivity index (χ1n) is 10.8. The van der Waals surface area contributed by atoms with E-state index in [4.69, 9.17) is 21.1 Å². The minimum absolute atomic E-state index is 0.272. The highest BCUT2D eigenvalue weighted by atomic mass is 35.5. The Labute approximate surface area is 206 Å². The number of anilines is 2. The zero-order valence-electron chi connectivity index (χ0n) is 18.9. The van der Waals surface area contributed by atoms with Gasteiger partial charge in [-0.25, -0.2) is 4.79 Å². The summed E-state index contributed by atoms with van der Waals surface area (Å²) in [6.45, 7) is 3.43. The number of amides is 2. The van der Waals surface area contributed by atoms with Gasteiger partial charge in [0, 0.05) is 22.6 Å². The molecule has 3 heterocycles. The van der Waals surface area contributed by atoms with Crippen molar-refractivity contribution in [2.24, 2.45) is 0 Å². The summed E-state index contributed by atoms with van der Waals surface area (Å²) < 4.78 is 10.5. The van der Waals surface area contributed by atoms with E-state index < -0.39 is 0 Å². The molecular formula is C24H25ClN4O4S. The summed E-state index contributed by atoms with van der Waals surface area (Å²) in [6, 6.07) is 10.7. The van der Waals surface area contributed by atoms with Crippen LogP contribution in [0.25, 0.3) is 0 Å². The normalized spacial score (nSPS) is 12.6. The molecule has 1 aliphatic rings. The smallest absolute Gasteiger partial charge is 0.410 e. The van der Waals surface area contributed by atoms with Gasteiger partial charge in [0.05, 0.1) is 43.8 Å². The number of carbonyl (C=O) groups excluding carboxylic acids is 2. The van der Waals surface area contributed by atoms with Crippen molar-refractivity contribution in [1.82, 2.24) is 9.88 Å². The topological polar surface area (TPSA) is 92.8 Å². The molecule has 1 aliphatic heterocycles. The third-order valence-corrected chi connectivity index (χ3v) is 6.79. The molecule has 3 aromatic rings. The number of halogens is 1. The van der Waals surface area contributed by atoms with Gasteiger partial charge < -0.3 is 25.0 Å². The molecule has 0 aliphatic carbocycles. The average molecular weight is 501 g/mol. The Morgan fingerprint density at radius 2 is 2.12 bits per heavy atom. The molecule has 0 bridgehead atoms. The lowest BCUT2D eigenvalue weighted by molar-refractivity contribution is 0.102. The molecule has 34 heavy (non-hydrogen) atoms. The van der Waals surface area contributed by atoms with E-state index in [9.17, 15) is 9.59 Å². The number of fused-ring (bicyclic) bond motifs is 1. The molecule has 0 saturated heterocycles. The molecule has 2 amide bonds. The minimum atomic E-state index is -0.348. The highest BCUT2D eigenvalue weighted by molar-refractivity contribution is 7.16. The predicted molar refractivity (Wildman–Crippen MR) is 133 cm³/mol. The Morgan fingerprint density at radius 1 is 1.26 bits per heavy atom. The number of thiophene rings is 1. The van der Waals surface area contributed by atoms with Gasteiger partial charge in [-0.3, -0.25) is 9.78 Å². The molecule has 178 valence electrons. The van der Waals surface area contributed by atoms with Gasteiger partial charge in [-0.05, 0) is 49.2 Å². The lowest BCUT2D eigenvalue weighted by atomic mass is 10.0. The fraction of sp³-hybridized carbons (Fsp3) is 0.292. The van der Waals surface area contributed by atoms with Crippen LogP contribution >= 0.6 is 22.9 Å². The predicted octanol–water partition coefficient (Wildman–Crippen LogP) is 5.18. The lowest BCUT2D eigenvalue weighted by Crippen LogP contribution is -2.36. The zero-order chi connectivity index (χ0) is 24.1. The van der Waals surface area contributed by atoms with Gasteiger partial charge >= 0.3 is 6.09 Å². The van der Waals surface area contributed by atoms with Crippen LogP contribution in [-0.2, 0) is 24.2 Å². The Balaban J connectivity index is 1.65. The molecule has 0 atom stereocenters. The monoisotopic (exact) mass is 500 g/mol. The van der Waals surface area contributed by atoms with E-state index >= 15 is 0 Å². The largest absolute Gasteiger partial charge is 0.495 e. The number of benzene rings is 1. The fourth-order valence-electron chi connectivity index (χ4n) is 3.78. The minimum Gasteiger partial charge on any atom is -0.495 e. The van der Waals surface area contributed by atoms with Crippen molar-refractivity contribution in [2.45, 2.75) is 26.4 Å². The Morgan fingerprint density at radius 3 is 2.85 bits per heavy atom. The third kappa shape index (κ3) is 5.26. The van der Waals surface area contributed by atoms with E-state index in [0.717, 1.165) is 21.1 Å². The standard InChI is InChI=1S/C24H25ClN4O4S/c1-3-33-24(31)29-11-9-17-20(14-29)34-23(27-13-16-6-4-5-10-26-16)21(17)22(30)28-18-12-15(25)7-8-19(18)32-2/h4-8,10,12,27H,3,9,11,13-14H2,1-2H3,(H,28,30). The second-order valence-electron chi connectivity index (χ2n) is 7.55. The maximum atomic E-state index is 13.5. The van der Waals surface area contributed by atoms with Gasteiger partial charge in [0.2, 0.25) is 0 Å². The van der Waals surface area contributed by atoms with Crippen LogP contribution in [-0.4, -0.2) is 42.1 Å². The van der Waals surface area contributed by atoms with E-state index in [2.05, 4.69) is 15.6 Å². The third-order valence-electron chi connectivity index (χ3n) is 5.38. The van der Waals surface area contributed by atoms with Crippen molar-refractivity contribution in [3.63, 3.8) is 0 Å². The van der Waals surface area contributed by atoms with Crippen molar-refractivity contribution < 1.29 is 19.1 Å². The number of rotatable bonds is 7. The highest BCUT2D eigenvalue weighted by Crippen LogP contribution is 2.39. The number of methoxy groups -OCH3 is 1. The summed E-state index contributed by atoms with van der Waals surface area (Å²) in [4.78, 5) is 32.7. The number of ether oxygens (including phenoxy) is 2. The van der Waals surface area contributed by atoms with E-state index in [-0.39, 0.29) is 12.0 Å². The Hall–Kier alpha value is -3.30. The van der Waals surface area contributed by atoms with Crippen molar-refractivity contribution in [2.75, 3.05) is 30.9 Å². The van der Waals surface area contributed by atoms with Crippen LogP contribution in [0.5, 0.6) is 5.75 Å². The van der Waals surface area contributed by atoms with Gasteiger partial charge in [-0.2, -0.15) is 0 Å². The van der Waals surface area contributed by atoms with Crippen molar-refractivity contribution in [3.05, 3.63) is 69.3 Å². The van der Waals surface area contributed by atoms with Crippen LogP contribution in [0.15, 0.2) is 42.6 Å². The average Bonchev–Trinajstić information content (AvgIpc) is 3.21. The molecule has 1 aromatic carbocycles. The molecule has 0 spiro atoms. The summed E-state index contributed by atoms with van der Waals surface area (Å²) in [5.74, 6) is 0.240. The Bertz CT molecular complexity index is 1190. The molecule has 2 aromatic heterocycles. The van der Waals surface area contributed by atoms with Gasteiger partial charge in [0.15, 0.2) is 0 Å². The molecule has 0 radical (unpaired) electrons. The summed E-state index contributed by atoms with van der Waals surface area (Å²) in [6.07, 6.45) is 1.93. The van der Waals surface area contributed by atoms with E-state index in [1.165, 1.54) is 18.4 Å². The van der Waals surface area contributed by atoms with Crippen molar-refractivity contribution in [3.8, 4) is 5.75 Å². The number of nitrogens with zero attached hydrogens (tertiary/aromatic N) is 2. The number of carbonyl (C=O) groups is 2. The number of aromatic nitrogens is 1. The van der Waals surface area contributed by atoms with Crippen LogP contribution in [0.3, 0.4) is 0 Å². The fourth-order valence-corrected chi connectivity index (χ4v) is 5.20. The highest BCUT2D eigenvalue weighted by Gasteiger charge is 2.30. The van der Waals surface area contributed by atoms with Gasteiger partial charge in [0.1, 0.15) is 10.8 Å². The molecule has 0 fully saturated rings. The second-order valence-corrected chi connectivity index (χ2v) is 9.09. The first-order valence-corrected chi connectivity index (χ1v) is 12.0. The van der Waals surface area contributed by atoms with Crippen molar-refractivity contribution in [1.29, 1.82) is 0 Å². The maximum absolute atomic E-state index is 13.5. The SMILES string of the molecule is CCOC(=O)N1CCc2c(sc(NCc3ccccn3)c2C(=O)Nc2cc(Cl)ccc2OC)C1. The summed E-state index contributed by atoms with van der Waals surface area (Å²) in [5.41, 5.74) is 2.82. The zero-order valence-corrected chi connectivity index (χ0v) is 20.5. The number of pyridine rings is 1. The van der Waals surface area contributed by atoms with Gasteiger partial charge in [-0.1, -0.05) is 17.7 Å². The first-order chi connectivity index (χ1) is 16.5. The van der Waals surface area contributed by atoms with Crippen molar-refractivity contribution >= 4 is 45.6 Å². The maximum Gasteiger partial charge on any atom is 0.410 e. The van der Waals surface area contributed by atoms with E-state index in [1.54, 1.807) is 36.2 Å². The summed E-state index contributed by atoms with van der Waals surface area (Å²) in [5, 5.41) is 7.52. The molecule has 0 unspecified atom stereocenters. The quantitative estimate of drug-likeness (QED) is 0.464. The van der Waals surface area contributed by atoms with E-state index in [1.807, 2.05) is 18.2 Å².